The lowest BCUT2D eigenvalue weighted by molar-refractivity contribution is 0.102. The molecule has 3 aromatic rings. The summed E-state index contributed by atoms with van der Waals surface area (Å²) in [5.74, 6) is -0.364. The first kappa shape index (κ1) is 18.6. The first-order chi connectivity index (χ1) is 13.0. The summed E-state index contributed by atoms with van der Waals surface area (Å²) < 4.78 is 1.23. The summed E-state index contributed by atoms with van der Waals surface area (Å²) in [4.78, 5) is 42.4. The van der Waals surface area contributed by atoms with Gasteiger partial charge in [-0.2, -0.15) is 0 Å². The third kappa shape index (κ3) is 4.13. The molecule has 0 aliphatic carbocycles. The molecular weight excluding hydrogens is 344 g/mol. The summed E-state index contributed by atoms with van der Waals surface area (Å²) in [5, 5.41) is 2.99. The van der Waals surface area contributed by atoms with Crippen LogP contribution in [-0.4, -0.2) is 20.4 Å². The monoisotopic (exact) mass is 366 g/mol. The molecule has 0 unspecified atom stereocenters. The molecular formula is C20H22N4O3. The van der Waals surface area contributed by atoms with E-state index < -0.39 is 11.2 Å². The van der Waals surface area contributed by atoms with E-state index in [1.807, 2.05) is 24.3 Å². The highest BCUT2D eigenvalue weighted by molar-refractivity contribution is 6.05. The van der Waals surface area contributed by atoms with Crippen molar-refractivity contribution in [1.29, 1.82) is 0 Å². The second kappa shape index (κ2) is 7.99. The maximum absolute atomic E-state index is 12.5. The van der Waals surface area contributed by atoms with Crippen LogP contribution in [0.15, 0.2) is 46.1 Å². The quantitative estimate of drug-likeness (QED) is 0.655. The summed E-state index contributed by atoms with van der Waals surface area (Å²) in [5.41, 5.74) is 1.29. The van der Waals surface area contributed by atoms with Crippen LogP contribution in [0.1, 0.15) is 42.1 Å². The van der Waals surface area contributed by atoms with E-state index in [4.69, 9.17) is 0 Å². The molecule has 140 valence electrons. The number of unbranched alkanes of at least 4 members (excludes halogenated alkanes) is 2. The molecule has 0 aliphatic heterocycles. The zero-order valence-electron chi connectivity index (χ0n) is 15.4. The van der Waals surface area contributed by atoms with Gasteiger partial charge in [0.15, 0.2) is 0 Å². The number of carbonyl (C=O) groups is 1. The molecule has 0 atom stereocenters. The van der Waals surface area contributed by atoms with Gasteiger partial charge < -0.3 is 5.32 Å². The summed E-state index contributed by atoms with van der Waals surface area (Å²) in [7, 11) is 1.51. The number of nitrogens with zero attached hydrogens (tertiary/aromatic N) is 2. The van der Waals surface area contributed by atoms with Gasteiger partial charge in [-0.15, -0.1) is 0 Å². The lowest BCUT2D eigenvalue weighted by Crippen LogP contribution is -2.29. The van der Waals surface area contributed by atoms with E-state index >= 15 is 0 Å². The summed E-state index contributed by atoms with van der Waals surface area (Å²) >= 11 is 0. The molecule has 0 saturated heterocycles. The molecule has 7 heteroatoms. The first-order valence-corrected chi connectivity index (χ1v) is 8.99. The van der Waals surface area contributed by atoms with Gasteiger partial charge in [0.25, 0.3) is 11.5 Å². The van der Waals surface area contributed by atoms with Gasteiger partial charge in [0.1, 0.15) is 5.65 Å². The van der Waals surface area contributed by atoms with Crippen LogP contribution in [0.2, 0.25) is 0 Å². The Morgan fingerprint density at radius 3 is 2.63 bits per heavy atom. The third-order valence-corrected chi connectivity index (χ3v) is 4.50. The smallest absolute Gasteiger partial charge is 0.322 e. The predicted octanol–water partition coefficient (Wildman–Crippen LogP) is 2.61. The molecule has 27 heavy (non-hydrogen) atoms. The zero-order chi connectivity index (χ0) is 19.4. The molecule has 2 heterocycles. The van der Waals surface area contributed by atoms with E-state index in [-0.39, 0.29) is 22.5 Å². The Morgan fingerprint density at radius 2 is 1.93 bits per heavy atom. The molecule has 7 nitrogen and oxygen atoms in total. The SMILES string of the molecule is CCCCCc1ccc(NC(=O)c2cnc3c(c2)c(=O)[nH]c(=O)n3C)cc1. The maximum atomic E-state index is 12.5. The fraction of sp³-hybridized carbons (Fsp3) is 0.300. The lowest BCUT2D eigenvalue weighted by atomic mass is 10.1. The minimum atomic E-state index is -0.563. The van der Waals surface area contributed by atoms with Crippen molar-refractivity contribution in [3.63, 3.8) is 0 Å². The van der Waals surface area contributed by atoms with Crippen molar-refractivity contribution in [1.82, 2.24) is 14.5 Å². The topological polar surface area (TPSA) is 96.8 Å². The minimum Gasteiger partial charge on any atom is -0.322 e. The Kier molecular flexibility index (Phi) is 5.49. The van der Waals surface area contributed by atoms with Gasteiger partial charge in [-0.3, -0.25) is 19.1 Å². The Hall–Kier alpha value is -3.22. The normalized spacial score (nSPS) is 10.9. The number of anilines is 1. The van der Waals surface area contributed by atoms with Gasteiger partial charge >= 0.3 is 5.69 Å². The lowest BCUT2D eigenvalue weighted by Gasteiger charge is -2.08. The highest BCUT2D eigenvalue weighted by atomic mass is 16.2. The van der Waals surface area contributed by atoms with Crippen molar-refractivity contribution in [2.24, 2.45) is 7.05 Å². The molecule has 2 N–H and O–H groups in total. The van der Waals surface area contributed by atoms with Crippen LogP contribution in [0.5, 0.6) is 0 Å². The number of pyridine rings is 1. The Morgan fingerprint density at radius 1 is 1.19 bits per heavy atom. The van der Waals surface area contributed by atoms with E-state index in [0.717, 1.165) is 12.8 Å². The molecule has 0 spiro atoms. The van der Waals surface area contributed by atoms with E-state index in [2.05, 4.69) is 22.2 Å². The molecule has 0 saturated carbocycles. The van der Waals surface area contributed by atoms with Crippen molar-refractivity contribution in [2.45, 2.75) is 32.6 Å². The van der Waals surface area contributed by atoms with Crippen LogP contribution < -0.4 is 16.6 Å². The number of nitrogens with one attached hydrogen (secondary N) is 2. The second-order valence-electron chi connectivity index (χ2n) is 6.52. The fourth-order valence-corrected chi connectivity index (χ4v) is 2.90. The zero-order valence-corrected chi connectivity index (χ0v) is 15.4. The van der Waals surface area contributed by atoms with Gasteiger partial charge in [0, 0.05) is 18.9 Å². The van der Waals surface area contributed by atoms with Gasteiger partial charge in [0.2, 0.25) is 0 Å². The first-order valence-electron chi connectivity index (χ1n) is 8.99. The van der Waals surface area contributed by atoms with Gasteiger partial charge in [-0.1, -0.05) is 31.9 Å². The van der Waals surface area contributed by atoms with E-state index in [1.54, 1.807) is 0 Å². The maximum Gasteiger partial charge on any atom is 0.329 e. The molecule has 0 fully saturated rings. The van der Waals surface area contributed by atoms with Crippen LogP contribution in [-0.2, 0) is 13.5 Å². The van der Waals surface area contributed by atoms with Crippen molar-refractivity contribution < 1.29 is 4.79 Å². The number of rotatable bonds is 6. The average Bonchev–Trinajstić information content (AvgIpc) is 2.67. The van der Waals surface area contributed by atoms with E-state index in [0.29, 0.717) is 5.69 Å². The highest BCUT2D eigenvalue weighted by Gasteiger charge is 2.12. The van der Waals surface area contributed by atoms with Gasteiger partial charge in [0.05, 0.1) is 10.9 Å². The summed E-state index contributed by atoms with van der Waals surface area (Å²) in [6.07, 6.45) is 5.93. The third-order valence-electron chi connectivity index (χ3n) is 4.50. The van der Waals surface area contributed by atoms with E-state index in [1.165, 1.54) is 42.3 Å². The molecule has 0 aliphatic rings. The Bertz CT molecular complexity index is 1080. The number of aryl methyl sites for hydroxylation is 2. The molecule has 2 aromatic heterocycles. The number of H-pyrrole nitrogens is 1. The Balaban J connectivity index is 1.78. The van der Waals surface area contributed by atoms with Crippen LogP contribution in [0.3, 0.4) is 0 Å². The molecule has 1 aromatic carbocycles. The van der Waals surface area contributed by atoms with Crippen molar-refractivity contribution in [2.75, 3.05) is 5.32 Å². The number of aromatic amines is 1. The number of amides is 1. The number of hydrogen-bond donors (Lipinski definition) is 2. The molecule has 0 bridgehead atoms. The van der Waals surface area contributed by atoms with Gasteiger partial charge in [-0.25, -0.2) is 9.78 Å². The minimum absolute atomic E-state index is 0.191. The highest BCUT2D eigenvalue weighted by Crippen LogP contribution is 2.14. The number of aromatic nitrogens is 3. The number of benzene rings is 1. The predicted molar refractivity (Wildman–Crippen MR) is 105 cm³/mol. The average molecular weight is 366 g/mol. The largest absolute Gasteiger partial charge is 0.329 e. The van der Waals surface area contributed by atoms with Crippen molar-refractivity contribution >= 4 is 22.6 Å². The standard InChI is InChI=1S/C20H22N4O3/c1-3-4-5-6-13-7-9-15(10-8-13)22-18(25)14-11-16-17(21-12-14)24(2)20(27)23-19(16)26/h7-12H,3-6H2,1-2H3,(H,22,25)(H,23,26,27). The van der Waals surface area contributed by atoms with E-state index in [9.17, 15) is 14.4 Å². The van der Waals surface area contributed by atoms with Crippen LogP contribution in [0.4, 0.5) is 5.69 Å². The Labute approximate surface area is 156 Å². The second-order valence-corrected chi connectivity index (χ2v) is 6.52. The summed E-state index contributed by atoms with van der Waals surface area (Å²) in [6.45, 7) is 2.17. The van der Waals surface area contributed by atoms with Crippen LogP contribution >= 0.6 is 0 Å². The van der Waals surface area contributed by atoms with Crippen molar-refractivity contribution in [3.05, 3.63) is 68.5 Å². The fourth-order valence-electron chi connectivity index (χ4n) is 2.90. The van der Waals surface area contributed by atoms with Crippen LogP contribution in [0, 0.1) is 0 Å². The van der Waals surface area contributed by atoms with Crippen molar-refractivity contribution in [3.8, 4) is 0 Å². The summed E-state index contributed by atoms with van der Waals surface area (Å²) in [6, 6.07) is 9.18. The number of hydrogen-bond acceptors (Lipinski definition) is 4. The molecule has 3 rings (SSSR count). The molecule has 0 radical (unpaired) electrons. The van der Waals surface area contributed by atoms with Crippen LogP contribution in [0.25, 0.3) is 11.0 Å². The number of fused-ring (bicyclic) bond motifs is 1. The van der Waals surface area contributed by atoms with Gasteiger partial charge in [-0.05, 0) is 36.6 Å². The number of carbonyl (C=O) groups excluding carboxylic acids is 1. The molecule has 1 amide bonds.